The minimum absolute atomic E-state index is 0.283. The number of carbonyl (C=O) groups excluding carboxylic acids is 2. The van der Waals surface area contributed by atoms with Crippen molar-refractivity contribution in [2.45, 2.75) is 26.3 Å². The van der Waals surface area contributed by atoms with E-state index in [1.165, 1.54) is 5.56 Å². The molecular weight excluding hydrogens is 380 g/mol. The Bertz CT molecular complexity index is 795. The first kappa shape index (κ1) is 22.1. The molecule has 7 nitrogen and oxygen atoms in total. The molecule has 2 amide bonds. The summed E-state index contributed by atoms with van der Waals surface area (Å²) in [6.07, 6.45) is 2.85. The smallest absolute Gasteiger partial charge is 0.338 e. The number of esters is 1. The number of nitrogens with one attached hydrogen (secondary N) is 2. The van der Waals surface area contributed by atoms with Crippen molar-refractivity contribution in [1.82, 2.24) is 20.4 Å². The Morgan fingerprint density at radius 3 is 2.43 bits per heavy atom. The molecule has 0 aliphatic carbocycles. The van der Waals surface area contributed by atoms with E-state index >= 15 is 0 Å². The van der Waals surface area contributed by atoms with Crippen LogP contribution in [0.15, 0.2) is 48.2 Å². The first-order valence-corrected chi connectivity index (χ1v) is 10.7. The number of nitrogens with zero attached hydrogens (tertiary/aromatic N) is 2. The molecule has 1 aromatic carbocycles. The van der Waals surface area contributed by atoms with E-state index in [2.05, 4.69) is 33.9 Å². The minimum atomic E-state index is -0.527. The molecule has 0 saturated carbocycles. The lowest BCUT2D eigenvalue weighted by Gasteiger charge is -2.36. The van der Waals surface area contributed by atoms with Gasteiger partial charge >= 0.3 is 12.0 Å². The fraction of sp³-hybridized carbons (Fsp3) is 0.478. The van der Waals surface area contributed by atoms with Crippen molar-refractivity contribution in [1.29, 1.82) is 0 Å². The number of ether oxygens (including phenoxy) is 1. The van der Waals surface area contributed by atoms with E-state index < -0.39 is 12.0 Å². The molecule has 0 unspecified atom stereocenters. The molecule has 1 fully saturated rings. The summed E-state index contributed by atoms with van der Waals surface area (Å²) >= 11 is 0. The first-order chi connectivity index (χ1) is 14.5. The molecule has 30 heavy (non-hydrogen) atoms. The van der Waals surface area contributed by atoms with Gasteiger partial charge in [-0.15, -0.1) is 6.58 Å². The van der Waals surface area contributed by atoms with E-state index in [4.69, 9.17) is 4.74 Å². The first-order valence-electron chi connectivity index (χ1n) is 10.7. The van der Waals surface area contributed by atoms with Gasteiger partial charge in [-0.25, -0.2) is 9.59 Å². The quantitative estimate of drug-likeness (QED) is 0.506. The second-order valence-corrected chi connectivity index (χ2v) is 7.60. The fourth-order valence-corrected chi connectivity index (χ4v) is 3.92. The van der Waals surface area contributed by atoms with Gasteiger partial charge in [-0.3, -0.25) is 9.80 Å². The summed E-state index contributed by atoms with van der Waals surface area (Å²) in [6.45, 7) is 13.0. The van der Waals surface area contributed by atoms with Crippen LogP contribution in [0.5, 0.6) is 0 Å². The maximum Gasteiger partial charge on any atom is 0.338 e. The van der Waals surface area contributed by atoms with E-state index in [9.17, 15) is 9.59 Å². The van der Waals surface area contributed by atoms with Crippen molar-refractivity contribution in [2.75, 3.05) is 45.9 Å². The Morgan fingerprint density at radius 1 is 1.17 bits per heavy atom. The van der Waals surface area contributed by atoms with Crippen molar-refractivity contribution in [2.24, 2.45) is 0 Å². The molecule has 0 bridgehead atoms. The molecule has 0 spiro atoms. The predicted octanol–water partition coefficient (Wildman–Crippen LogP) is 2.22. The highest BCUT2D eigenvalue weighted by atomic mass is 16.5. The van der Waals surface area contributed by atoms with Gasteiger partial charge in [0, 0.05) is 45.0 Å². The van der Waals surface area contributed by atoms with E-state index in [1.807, 2.05) is 30.3 Å². The van der Waals surface area contributed by atoms with Crippen molar-refractivity contribution in [3.63, 3.8) is 0 Å². The van der Waals surface area contributed by atoms with Crippen LogP contribution in [-0.4, -0.2) is 67.7 Å². The van der Waals surface area contributed by atoms with Crippen LogP contribution < -0.4 is 10.6 Å². The molecule has 162 valence electrons. The van der Waals surface area contributed by atoms with Gasteiger partial charge in [-0.2, -0.15) is 0 Å². The normalized spacial score (nSPS) is 20.5. The van der Waals surface area contributed by atoms with Gasteiger partial charge in [0.15, 0.2) is 0 Å². The largest absolute Gasteiger partial charge is 0.463 e. The minimum Gasteiger partial charge on any atom is -0.463 e. The van der Waals surface area contributed by atoms with E-state index in [0.29, 0.717) is 17.8 Å². The number of hydrogen-bond acceptors (Lipinski definition) is 5. The number of carbonyl (C=O) groups is 2. The predicted molar refractivity (Wildman–Crippen MR) is 117 cm³/mol. The molecule has 2 aliphatic heterocycles. The third kappa shape index (κ3) is 5.29. The summed E-state index contributed by atoms with van der Waals surface area (Å²) in [6, 6.07) is 7.18. The van der Waals surface area contributed by atoms with Crippen LogP contribution in [0.25, 0.3) is 0 Å². The Balaban J connectivity index is 1.87. The molecule has 2 aliphatic rings. The van der Waals surface area contributed by atoms with Gasteiger partial charge in [0.25, 0.3) is 0 Å². The number of benzene rings is 1. The number of piperazine rings is 1. The van der Waals surface area contributed by atoms with Crippen LogP contribution >= 0.6 is 0 Å². The van der Waals surface area contributed by atoms with Gasteiger partial charge in [0.1, 0.15) is 0 Å². The third-order valence-corrected chi connectivity index (χ3v) is 5.60. The zero-order valence-electron chi connectivity index (χ0n) is 17.9. The number of rotatable bonds is 8. The maximum absolute atomic E-state index is 12.9. The zero-order valence-corrected chi connectivity index (χ0v) is 17.9. The van der Waals surface area contributed by atoms with Crippen LogP contribution in [0.1, 0.15) is 31.0 Å². The summed E-state index contributed by atoms with van der Waals surface area (Å²) in [5.74, 6) is -0.394. The molecule has 1 atom stereocenters. The molecule has 1 aromatic rings. The lowest BCUT2D eigenvalue weighted by Crippen LogP contribution is -2.51. The Kier molecular flexibility index (Phi) is 7.65. The topological polar surface area (TPSA) is 73.9 Å². The van der Waals surface area contributed by atoms with Gasteiger partial charge in [0.2, 0.25) is 0 Å². The van der Waals surface area contributed by atoms with Crippen molar-refractivity contribution in [3.8, 4) is 0 Å². The van der Waals surface area contributed by atoms with Crippen LogP contribution in [0, 0.1) is 0 Å². The Morgan fingerprint density at radius 2 is 1.83 bits per heavy atom. The summed E-state index contributed by atoms with van der Waals surface area (Å²) in [4.78, 5) is 29.9. The second-order valence-electron chi connectivity index (χ2n) is 7.60. The number of aryl methyl sites for hydroxylation is 1. The lowest BCUT2D eigenvalue weighted by molar-refractivity contribution is -0.139. The molecule has 1 saturated heterocycles. The Labute approximate surface area is 178 Å². The molecule has 2 heterocycles. The van der Waals surface area contributed by atoms with E-state index in [-0.39, 0.29) is 12.6 Å². The summed E-state index contributed by atoms with van der Waals surface area (Å²) < 4.78 is 5.36. The number of urea groups is 1. The van der Waals surface area contributed by atoms with Crippen LogP contribution in [0.2, 0.25) is 0 Å². The molecule has 2 N–H and O–H groups in total. The standard InChI is InChI=1S/C23H32N4O3/c1-4-11-26-12-14-27(15-13-26)16-19-20(22(28)30-6-3)21(25-23(29)24-19)18-9-7-17(5-2)8-10-18/h4,7-10,21H,1,5-6,11-16H2,2-3H3,(H2,24,25,29)/t21-/m0/s1. The molecule has 0 aromatic heterocycles. The summed E-state index contributed by atoms with van der Waals surface area (Å²) in [5, 5.41) is 5.77. The fourth-order valence-electron chi connectivity index (χ4n) is 3.92. The van der Waals surface area contributed by atoms with Crippen molar-refractivity contribution >= 4 is 12.0 Å². The van der Waals surface area contributed by atoms with Crippen LogP contribution in [0.4, 0.5) is 4.79 Å². The van der Waals surface area contributed by atoms with Crippen molar-refractivity contribution < 1.29 is 14.3 Å². The summed E-state index contributed by atoms with van der Waals surface area (Å²) in [7, 11) is 0. The molecule has 3 rings (SSSR count). The molecule has 7 heteroatoms. The lowest BCUT2D eigenvalue weighted by atomic mass is 9.94. The monoisotopic (exact) mass is 412 g/mol. The highest BCUT2D eigenvalue weighted by Gasteiger charge is 2.34. The number of amides is 2. The average Bonchev–Trinajstić information content (AvgIpc) is 2.75. The van der Waals surface area contributed by atoms with Gasteiger partial charge in [-0.1, -0.05) is 37.3 Å². The SMILES string of the molecule is C=CCN1CCN(CC2=C(C(=O)OCC)[C@H](c3ccc(CC)cc3)NC(=O)N2)CC1. The van der Waals surface area contributed by atoms with Crippen molar-refractivity contribution in [3.05, 3.63) is 59.3 Å². The van der Waals surface area contributed by atoms with Crippen LogP contribution in [-0.2, 0) is 16.0 Å². The highest BCUT2D eigenvalue weighted by molar-refractivity contribution is 5.95. The van der Waals surface area contributed by atoms with Crippen LogP contribution in [0.3, 0.4) is 0 Å². The molecular formula is C23H32N4O3. The average molecular weight is 413 g/mol. The van der Waals surface area contributed by atoms with Gasteiger partial charge in [-0.05, 0) is 24.5 Å². The van der Waals surface area contributed by atoms with Gasteiger partial charge in [0.05, 0.1) is 18.2 Å². The third-order valence-electron chi connectivity index (χ3n) is 5.60. The number of hydrogen-bond donors (Lipinski definition) is 2. The second kappa shape index (κ2) is 10.4. The van der Waals surface area contributed by atoms with Gasteiger partial charge < -0.3 is 15.4 Å². The maximum atomic E-state index is 12.9. The van der Waals surface area contributed by atoms with E-state index in [0.717, 1.165) is 44.7 Å². The highest BCUT2D eigenvalue weighted by Crippen LogP contribution is 2.28. The summed E-state index contributed by atoms with van der Waals surface area (Å²) in [5.41, 5.74) is 3.19. The van der Waals surface area contributed by atoms with E-state index in [1.54, 1.807) is 6.92 Å². The zero-order chi connectivity index (χ0) is 21.5. The molecule has 0 radical (unpaired) electrons. The Hall–Kier alpha value is -2.64.